The van der Waals surface area contributed by atoms with Crippen molar-refractivity contribution in [1.82, 2.24) is 18.7 Å². The molecule has 4 aromatic rings. The number of rotatable bonds is 8. The van der Waals surface area contributed by atoms with Gasteiger partial charge in [-0.05, 0) is 24.1 Å². The van der Waals surface area contributed by atoms with Gasteiger partial charge >= 0.3 is 0 Å². The third-order valence-electron chi connectivity index (χ3n) is 4.14. The number of halogens is 1. The first kappa shape index (κ1) is 19.2. The average Bonchev–Trinajstić information content (AvgIpc) is 3.40. The van der Waals surface area contributed by atoms with Crippen LogP contribution in [0.2, 0.25) is 0 Å². The molecule has 11 heteroatoms. The van der Waals surface area contributed by atoms with Crippen LogP contribution >= 0.6 is 23.5 Å². The second-order valence-electron chi connectivity index (χ2n) is 5.98. The maximum Gasteiger partial charge on any atom is 0.298 e. The first-order valence-corrected chi connectivity index (χ1v) is 9.99. The Hall–Kier alpha value is -3.18. The smallest absolute Gasteiger partial charge is 0.298 e. The Bertz CT molecular complexity index is 1130. The molecule has 148 valence electrons. The molecular weight excluding hydrogens is 415 g/mol. The Morgan fingerprint density at radius 1 is 1.41 bits per heavy atom. The standard InChI is InChI=1S/C18H15FN6O2S2/c1-24(8-13-4-2-3-12-7-20-10-25(12)13)15-5-14(19)17(6-16(15)27-11-26)28-23-18-21-9-22-29-18/h2-7,9-11H,8H2,1H3,(H,21,22,23). The predicted molar refractivity (Wildman–Crippen MR) is 110 cm³/mol. The Balaban J connectivity index is 1.60. The minimum absolute atomic E-state index is 0.253. The number of imidazole rings is 1. The molecule has 0 amide bonds. The van der Waals surface area contributed by atoms with Crippen LogP contribution in [-0.2, 0) is 11.3 Å². The molecule has 0 aliphatic heterocycles. The summed E-state index contributed by atoms with van der Waals surface area (Å²) < 4.78 is 28.6. The fourth-order valence-corrected chi connectivity index (χ4v) is 3.96. The Kier molecular flexibility index (Phi) is 5.58. The van der Waals surface area contributed by atoms with Crippen molar-refractivity contribution in [1.29, 1.82) is 0 Å². The van der Waals surface area contributed by atoms with Gasteiger partial charge in [0.1, 0.15) is 12.1 Å². The zero-order valence-corrected chi connectivity index (χ0v) is 16.8. The van der Waals surface area contributed by atoms with Crippen LogP contribution < -0.4 is 14.4 Å². The van der Waals surface area contributed by atoms with Crippen molar-refractivity contribution in [2.45, 2.75) is 11.4 Å². The van der Waals surface area contributed by atoms with Crippen molar-refractivity contribution in [3.05, 3.63) is 60.7 Å². The maximum absolute atomic E-state index is 14.7. The van der Waals surface area contributed by atoms with Crippen LogP contribution in [0.1, 0.15) is 5.69 Å². The SMILES string of the molecule is CN(Cc1cccc2cncn12)c1cc(F)c(SNc2ncns2)cc1OC=O. The molecule has 3 aromatic heterocycles. The van der Waals surface area contributed by atoms with Crippen molar-refractivity contribution in [3.8, 4) is 5.75 Å². The maximum atomic E-state index is 14.7. The molecule has 0 aliphatic carbocycles. The van der Waals surface area contributed by atoms with Crippen LogP contribution in [0.3, 0.4) is 0 Å². The monoisotopic (exact) mass is 430 g/mol. The van der Waals surface area contributed by atoms with Gasteiger partial charge in [0.15, 0.2) is 5.75 Å². The first-order chi connectivity index (χ1) is 14.2. The van der Waals surface area contributed by atoms with Gasteiger partial charge in [-0.15, -0.1) is 0 Å². The van der Waals surface area contributed by atoms with E-state index >= 15 is 0 Å². The molecule has 0 aliphatic rings. The van der Waals surface area contributed by atoms with Gasteiger partial charge in [0, 0.05) is 36.4 Å². The van der Waals surface area contributed by atoms with Gasteiger partial charge in [-0.25, -0.2) is 14.4 Å². The van der Waals surface area contributed by atoms with Gasteiger partial charge < -0.3 is 18.8 Å². The fraction of sp³-hybridized carbons (Fsp3) is 0.111. The van der Waals surface area contributed by atoms with Crippen LogP contribution in [0.15, 0.2) is 54.1 Å². The van der Waals surface area contributed by atoms with Gasteiger partial charge in [0.05, 0.1) is 35.2 Å². The number of ether oxygens (including phenoxy) is 1. The second-order valence-corrected chi connectivity index (χ2v) is 7.60. The third kappa shape index (κ3) is 4.15. The van der Waals surface area contributed by atoms with E-state index in [-0.39, 0.29) is 10.6 Å². The molecule has 0 radical (unpaired) electrons. The molecule has 0 unspecified atom stereocenters. The lowest BCUT2D eigenvalue weighted by atomic mass is 10.2. The quantitative estimate of drug-likeness (QED) is 0.335. The summed E-state index contributed by atoms with van der Waals surface area (Å²) in [5.41, 5.74) is 2.37. The zero-order chi connectivity index (χ0) is 20.2. The number of carbonyl (C=O) groups excluding carboxylic acids is 1. The summed E-state index contributed by atoms with van der Waals surface area (Å²) in [7, 11) is 1.80. The summed E-state index contributed by atoms with van der Waals surface area (Å²) in [5, 5.41) is 0.543. The van der Waals surface area contributed by atoms with Gasteiger partial charge in [0.25, 0.3) is 6.47 Å². The van der Waals surface area contributed by atoms with E-state index in [0.717, 1.165) is 34.7 Å². The number of fused-ring (bicyclic) bond motifs is 1. The van der Waals surface area contributed by atoms with E-state index in [2.05, 4.69) is 19.1 Å². The van der Waals surface area contributed by atoms with E-state index < -0.39 is 5.82 Å². The van der Waals surface area contributed by atoms with E-state index in [9.17, 15) is 9.18 Å². The molecule has 4 rings (SSSR count). The normalized spacial score (nSPS) is 10.8. The largest absolute Gasteiger partial charge is 0.426 e. The van der Waals surface area contributed by atoms with Gasteiger partial charge in [-0.1, -0.05) is 6.07 Å². The number of nitrogens with one attached hydrogen (secondary N) is 1. The molecule has 0 bridgehead atoms. The molecule has 1 aromatic carbocycles. The van der Waals surface area contributed by atoms with E-state index in [4.69, 9.17) is 4.74 Å². The highest BCUT2D eigenvalue weighted by atomic mass is 32.2. The Morgan fingerprint density at radius 2 is 2.31 bits per heavy atom. The summed E-state index contributed by atoms with van der Waals surface area (Å²) in [5.74, 6) is -0.198. The van der Waals surface area contributed by atoms with Crippen LogP contribution in [0.4, 0.5) is 15.2 Å². The molecule has 29 heavy (non-hydrogen) atoms. The first-order valence-electron chi connectivity index (χ1n) is 8.40. The van der Waals surface area contributed by atoms with E-state index in [1.807, 2.05) is 27.5 Å². The van der Waals surface area contributed by atoms with E-state index in [1.54, 1.807) is 19.6 Å². The summed E-state index contributed by atoms with van der Waals surface area (Å²) in [6.45, 7) is 0.783. The molecule has 0 spiro atoms. The molecule has 0 atom stereocenters. The van der Waals surface area contributed by atoms with Crippen molar-refractivity contribution < 1.29 is 13.9 Å². The van der Waals surface area contributed by atoms with E-state index in [1.165, 1.54) is 18.5 Å². The fourth-order valence-electron chi connectivity index (χ4n) is 2.83. The number of nitrogens with zero attached hydrogens (tertiary/aromatic N) is 5. The van der Waals surface area contributed by atoms with Crippen LogP contribution in [0.25, 0.3) is 5.52 Å². The van der Waals surface area contributed by atoms with Gasteiger partial charge in [0.2, 0.25) is 5.13 Å². The second kappa shape index (κ2) is 8.45. The van der Waals surface area contributed by atoms with Crippen LogP contribution in [0.5, 0.6) is 5.75 Å². The number of aromatic nitrogens is 4. The van der Waals surface area contributed by atoms with Crippen LogP contribution in [-0.4, -0.2) is 32.3 Å². The molecular formula is C18H15FN6O2S2. The Labute approximate surface area is 173 Å². The lowest BCUT2D eigenvalue weighted by molar-refractivity contribution is -0.120. The van der Waals surface area contributed by atoms with Gasteiger partial charge in [-0.2, -0.15) is 4.37 Å². The van der Waals surface area contributed by atoms with Crippen molar-refractivity contribution >= 4 is 46.3 Å². The topological polar surface area (TPSA) is 84.7 Å². The number of pyridine rings is 1. The number of carbonyl (C=O) groups is 1. The van der Waals surface area contributed by atoms with Crippen molar-refractivity contribution in [2.75, 3.05) is 16.7 Å². The summed E-state index contributed by atoms with van der Waals surface area (Å²) >= 11 is 2.18. The minimum Gasteiger partial charge on any atom is -0.426 e. The summed E-state index contributed by atoms with van der Waals surface area (Å²) in [6.07, 6.45) is 4.89. The number of hydrogen-bond acceptors (Lipinski definition) is 9. The summed E-state index contributed by atoms with van der Waals surface area (Å²) in [4.78, 5) is 21.2. The lowest BCUT2D eigenvalue weighted by Crippen LogP contribution is -2.19. The Morgan fingerprint density at radius 3 is 3.10 bits per heavy atom. The zero-order valence-electron chi connectivity index (χ0n) is 15.2. The highest BCUT2D eigenvalue weighted by Gasteiger charge is 2.17. The van der Waals surface area contributed by atoms with Gasteiger partial charge in [-0.3, -0.25) is 4.79 Å². The minimum atomic E-state index is -0.451. The summed E-state index contributed by atoms with van der Waals surface area (Å²) in [6, 6.07) is 8.66. The molecule has 8 nitrogen and oxygen atoms in total. The van der Waals surface area contributed by atoms with Crippen LogP contribution in [0, 0.1) is 5.82 Å². The number of benzene rings is 1. The molecule has 1 N–H and O–H groups in total. The number of anilines is 2. The number of hydrogen-bond donors (Lipinski definition) is 1. The highest BCUT2D eigenvalue weighted by molar-refractivity contribution is 8.00. The predicted octanol–water partition coefficient (Wildman–Crippen LogP) is 3.62. The third-order valence-corrected chi connectivity index (χ3v) is 5.68. The lowest BCUT2D eigenvalue weighted by Gasteiger charge is -2.22. The van der Waals surface area contributed by atoms with Crippen molar-refractivity contribution in [3.63, 3.8) is 0 Å². The molecule has 0 saturated heterocycles. The van der Waals surface area contributed by atoms with E-state index in [0.29, 0.717) is 23.8 Å². The molecule has 0 fully saturated rings. The highest BCUT2D eigenvalue weighted by Crippen LogP contribution is 2.36. The molecule has 3 heterocycles. The van der Waals surface area contributed by atoms with Crippen molar-refractivity contribution in [2.24, 2.45) is 0 Å². The average molecular weight is 430 g/mol. The molecule has 0 saturated carbocycles.